The van der Waals surface area contributed by atoms with Gasteiger partial charge in [0.2, 0.25) is 0 Å². The summed E-state index contributed by atoms with van der Waals surface area (Å²) in [6.07, 6.45) is 7.00. The summed E-state index contributed by atoms with van der Waals surface area (Å²) in [6, 6.07) is 2.53. The number of ether oxygens (including phenoxy) is 1. The molecule has 1 aliphatic heterocycles. The number of hydrogen-bond donors (Lipinski definition) is 1. The van der Waals surface area contributed by atoms with E-state index in [0.29, 0.717) is 11.8 Å². The van der Waals surface area contributed by atoms with Crippen LogP contribution in [0.4, 0.5) is 0 Å². The molecule has 3 unspecified atom stereocenters. The zero-order valence-corrected chi connectivity index (χ0v) is 13.0. The van der Waals surface area contributed by atoms with E-state index in [4.69, 9.17) is 4.74 Å². The van der Waals surface area contributed by atoms with Gasteiger partial charge < -0.3 is 15.0 Å². The molecular weight excluding hydrogens is 250 g/mol. The molecule has 1 aliphatic carbocycles. The maximum Gasteiger partial charge on any atom is 0.109 e. The Balaban J connectivity index is 1.75. The number of nitriles is 1. The third kappa shape index (κ3) is 3.72. The molecule has 2 fully saturated rings. The van der Waals surface area contributed by atoms with E-state index < -0.39 is 0 Å². The molecule has 1 heterocycles. The Morgan fingerprint density at radius 1 is 1.40 bits per heavy atom. The summed E-state index contributed by atoms with van der Waals surface area (Å²) in [6.45, 7) is 4.08. The molecule has 1 saturated carbocycles. The van der Waals surface area contributed by atoms with Crippen LogP contribution in [0, 0.1) is 23.2 Å². The van der Waals surface area contributed by atoms with Crippen LogP contribution in [0.3, 0.4) is 0 Å². The topological polar surface area (TPSA) is 48.3 Å². The Kier molecular flexibility index (Phi) is 5.83. The molecule has 20 heavy (non-hydrogen) atoms. The first-order valence-corrected chi connectivity index (χ1v) is 8.06. The molecule has 1 N–H and O–H groups in total. The van der Waals surface area contributed by atoms with E-state index >= 15 is 0 Å². The second-order valence-corrected chi connectivity index (χ2v) is 6.56. The van der Waals surface area contributed by atoms with Gasteiger partial charge in [0.15, 0.2) is 0 Å². The predicted octanol–water partition coefficient (Wildman–Crippen LogP) is 2.02. The molecule has 0 spiro atoms. The number of rotatable bonds is 6. The summed E-state index contributed by atoms with van der Waals surface area (Å²) < 4.78 is 5.55. The fourth-order valence-corrected chi connectivity index (χ4v) is 3.86. The third-order valence-corrected chi connectivity index (χ3v) is 5.15. The third-order valence-electron chi connectivity index (χ3n) is 5.15. The van der Waals surface area contributed by atoms with Crippen molar-refractivity contribution in [1.29, 1.82) is 5.26 Å². The van der Waals surface area contributed by atoms with Crippen molar-refractivity contribution in [2.45, 2.75) is 44.1 Å². The second kappa shape index (κ2) is 7.40. The Bertz CT molecular complexity index is 335. The van der Waals surface area contributed by atoms with Crippen molar-refractivity contribution in [3.63, 3.8) is 0 Å². The van der Waals surface area contributed by atoms with E-state index in [0.717, 1.165) is 39.1 Å². The van der Waals surface area contributed by atoms with Crippen LogP contribution >= 0.6 is 0 Å². The summed E-state index contributed by atoms with van der Waals surface area (Å²) in [5.41, 5.74) is -0.269. The first-order chi connectivity index (χ1) is 9.70. The molecule has 0 radical (unpaired) electrons. The smallest absolute Gasteiger partial charge is 0.109 e. The van der Waals surface area contributed by atoms with Gasteiger partial charge in [-0.2, -0.15) is 5.26 Å². The maximum atomic E-state index is 9.47. The van der Waals surface area contributed by atoms with Gasteiger partial charge in [0.05, 0.1) is 12.7 Å². The molecule has 0 aromatic carbocycles. The van der Waals surface area contributed by atoms with Gasteiger partial charge >= 0.3 is 0 Å². The number of hydrogen-bond acceptors (Lipinski definition) is 4. The first-order valence-electron chi connectivity index (χ1n) is 8.06. The summed E-state index contributed by atoms with van der Waals surface area (Å²) >= 11 is 0. The molecule has 1 saturated heterocycles. The number of nitrogens with one attached hydrogen (secondary N) is 1. The van der Waals surface area contributed by atoms with E-state index in [2.05, 4.69) is 23.3 Å². The standard InChI is InChI=1S/C16H29N3O/c1-18-16(13-17)8-3-6-15(16)7-9-19(2)11-14-5-4-10-20-12-14/h14-15,18H,3-12H2,1-2H3. The monoisotopic (exact) mass is 279 g/mol. The molecule has 0 bridgehead atoms. The normalized spacial score (nSPS) is 34.3. The molecule has 4 nitrogen and oxygen atoms in total. The van der Waals surface area contributed by atoms with E-state index in [1.807, 2.05) is 7.05 Å². The maximum absolute atomic E-state index is 9.47. The van der Waals surface area contributed by atoms with Gasteiger partial charge in [0, 0.05) is 13.2 Å². The van der Waals surface area contributed by atoms with Gasteiger partial charge in [-0.1, -0.05) is 6.42 Å². The van der Waals surface area contributed by atoms with Crippen LogP contribution in [0.25, 0.3) is 0 Å². The van der Waals surface area contributed by atoms with E-state index in [-0.39, 0.29) is 5.54 Å². The molecule has 4 heteroatoms. The van der Waals surface area contributed by atoms with Gasteiger partial charge in [-0.15, -0.1) is 0 Å². The van der Waals surface area contributed by atoms with Crippen LogP contribution < -0.4 is 5.32 Å². The van der Waals surface area contributed by atoms with Crippen LogP contribution in [0.5, 0.6) is 0 Å². The minimum atomic E-state index is -0.269. The quantitative estimate of drug-likeness (QED) is 0.808. The zero-order chi connectivity index (χ0) is 14.4. The lowest BCUT2D eigenvalue weighted by Gasteiger charge is -2.31. The lowest BCUT2D eigenvalue weighted by atomic mass is 9.86. The summed E-state index contributed by atoms with van der Waals surface area (Å²) in [5, 5.41) is 12.8. The predicted molar refractivity (Wildman–Crippen MR) is 80.4 cm³/mol. The lowest BCUT2D eigenvalue weighted by molar-refractivity contribution is 0.0411. The molecule has 2 aliphatic rings. The highest BCUT2D eigenvalue weighted by atomic mass is 16.5. The van der Waals surface area contributed by atoms with Gasteiger partial charge in [-0.3, -0.25) is 0 Å². The molecule has 3 atom stereocenters. The minimum absolute atomic E-state index is 0.269. The second-order valence-electron chi connectivity index (χ2n) is 6.56. The van der Waals surface area contributed by atoms with E-state index in [1.165, 1.54) is 25.7 Å². The van der Waals surface area contributed by atoms with Gasteiger partial charge in [0.25, 0.3) is 0 Å². The highest BCUT2D eigenvalue weighted by Crippen LogP contribution is 2.37. The van der Waals surface area contributed by atoms with Gasteiger partial charge in [0.1, 0.15) is 5.54 Å². The fourth-order valence-electron chi connectivity index (χ4n) is 3.86. The molecule has 0 aromatic rings. The van der Waals surface area contributed by atoms with E-state index in [1.54, 1.807) is 0 Å². The van der Waals surface area contributed by atoms with Crippen molar-refractivity contribution in [2.75, 3.05) is 40.4 Å². The van der Waals surface area contributed by atoms with Crippen LogP contribution in [-0.2, 0) is 4.74 Å². The SMILES string of the molecule is CNC1(C#N)CCCC1CCN(C)CC1CCCOC1. The highest BCUT2D eigenvalue weighted by molar-refractivity contribution is 5.13. The van der Waals surface area contributed by atoms with Crippen LogP contribution in [0.15, 0.2) is 0 Å². The summed E-state index contributed by atoms with van der Waals surface area (Å²) in [4.78, 5) is 2.43. The average molecular weight is 279 g/mol. The molecular formula is C16H29N3O. The van der Waals surface area contributed by atoms with E-state index in [9.17, 15) is 5.26 Å². The Hall–Kier alpha value is -0.630. The first kappa shape index (κ1) is 15.8. The summed E-state index contributed by atoms with van der Waals surface area (Å²) in [5.74, 6) is 1.20. The highest BCUT2D eigenvalue weighted by Gasteiger charge is 2.41. The van der Waals surface area contributed by atoms with Crippen LogP contribution in [0.2, 0.25) is 0 Å². The van der Waals surface area contributed by atoms with Gasteiger partial charge in [-0.25, -0.2) is 0 Å². The largest absolute Gasteiger partial charge is 0.381 e. The number of nitrogens with zero attached hydrogens (tertiary/aromatic N) is 2. The Morgan fingerprint density at radius 3 is 2.90 bits per heavy atom. The van der Waals surface area contributed by atoms with Crippen molar-refractivity contribution >= 4 is 0 Å². The van der Waals surface area contributed by atoms with Crippen LogP contribution in [-0.4, -0.2) is 50.8 Å². The van der Waals surface area contributed by atoms with Gasteiger partial charge in [-0.05, 0) is 64.6 Å². The summed E-state index contributed by atoms with van der Waals surface area (Å²) in [7, 11) is 4.14. The molecule has 0 aromatic heterocycles. The Labute approximate surface area is 123 Å². The lowest BCUT2D eigenvalue weighted by Crippen LogP contribution is -2.45. The fraction of sp³-hybridized carbons (Fsp3) is 0.938. The van der Waals surface area contributed by atoms with Crippen molar-refractivity contribution < 1.29 is 4.74 Å². The molecule has 0 amide bonds. The van der Waals surface area contributed by atoms with Crippen molar-refractivity contribution in [1.82, 2.24) is 10.2 Å². The van der Waals surface area contributed by atoms with Crippen molar-refractivity contribution in [3.05, 3.63) is 0 Å². The van der Waals surface area contributed by atoms with Crippen molar-refractivity contribution in [2.24, 2.45) is 11.8 Å². The molecule has 114 valence electrons. The van der Waals surface area contributed by atoms with Crippen molar-refractivity contribution in [3.8, 4) is 6.07 Å². The van der Waals surface area contributed by atoms with Crippen LogP contribution in [0.1, 0.15) is 38.5 Å². The molecule has 2 rings (SSSR count). The minimum Gasteiger partial charge on any atom is -0.381 e. The zero-order valence-electron chi connectivity index (χ0n) is 13.0. The Morgan fingerprint density at radius 2 is 2.25 bits per heavy atom. The average Bonchev–Trinajstić information content (AvgIpc) is 2.89.